The molecule has 25 heavy (non-hydrogen) atoms. The van der Waals surface area contributed by atoms with Crippen LogP contribution in [-0.4, -0.2) is 24.3 Å². The van der Waals surface area contributed by atoms with Crippen molar-refractivity contribution < 1.29 is 19.4 Å². The molecule has 0 aromatic heterocycles. The molecule has 0 aliphatic rings. The van der Waals surface area contributed by atoms with E-state index >= 15 is 0 Å². The molecule has 4 nitrogen and oxygen atoms in total. The summed E-state index contributed by atoms with van der Waals surface area (Å²) >= 11 is 0. The third-order valence-electron chi connectivity index (χ3n) is 3.60. The van der Waals surface area contributed by atoms with E-state index < -0.39 is 0 Å². The van der Waals surface area contributed by atoms with Gasteiger partial charge in [-0.1, -0.05) is 49.6 Å². The summed E-state index contributed by atoms with van der Waals surface area (Å²) in [7, 11) is 0. The molecular formula is C21H22O4. The fourth-order valence-electron chi connectivity index (χ4n) is 2.46. The lowest BCUT2D eigenvalue weighted by Gasteiger charge is -2.12. The first-order chi connectivity index (χ1) is 12.2. The first-order valence-electron chi connectivity index (χ1n) is 8.07. The van der Waals surface area contributed by atoms with Crippen LogP contribution >= 0.6 is 0 Å². The van der Waals surface area contributed by atoms with Crippen LogP contribution in [0.2, 0.25) is 0 Å². The molecule has 0 fully saturated rings. The van der Waals surface area contributed by atoms with E-state index in [0.717, 1.165) is 16.9 Å². The lowest BCUT2D eigenvalue weighted by atomic mass is 9.95. The predicted molar refractivity (Wildman–Crippen MR) is 98.7 cm³/mol. The van der Waals surface area contributed by atoms with Crippen molar-refractivity contribution in [3.8, 4) is 22.6 Å². The summed E-state index contributed by atoms with van der Waals surface area (Å²) in [6.07, 6.45) is 3.94. The van der Waals surface area contributed by atoms with Gasteiger partial charge in [-0.3, -0.25) is 4.79 Å². The summed E-state index contributed by atoms with van der Waals surface area (Å²) in [5, 5.41) is 10.3. The quantitative estimate of drug-likeness (QED) is 0.547. The Morgan fingerprint density at radius 3 is 2.44 bits per heavy atom. The molecular weight excluding hydrogens is 316 g/mol. The number of esters is 1. The average molecular weight is 338 g/mol. The maximum Gasteiger partial charge on any atom is 0.306 e. The Balaban J connectivity index is 2.18. The van der Waals surface area contributed by atoms with Crippen molar-refractivity contribution in [1.82, 2.24) is 0 Å². The third kappa shape index (κ3) is 5.24. The van der Waals surface area contributed by atoms with E-state index in [1.165, 1.54) is 6.08 Å². The number of rotatable bonds is 9. The fourth-order valence-corrected chi connectivity index (χ4v) is 2.46. The topological polar surface area (TPSA) is 55.8 Å². The smallest absolute Gasteiger partial charge is 0.306 e. The standard InChI is InChI=1S/C21H22O4/c1-3-14-24-18-11-8-17(9-12-18)21-16(6-5-7-19(21)22)10-13-20(23)25-15-4-2/h3-9,11-12,22H,1-2,10,13-15H2. The normalized spacial score (nSPS) is 10.1. The molecule has 0 aliphatic carbocycles. The molecule has 2 rings (SSSR count). The molecule has 0 saturated heterocycles. The molecule has 130 valence electrons. The van der Waals surface area contributed by atoms with Gasteiger partial charge < -0.3 is 14.6 Å². The molecule has 0 spiro atoms. The number of phenols is 1. The average Bonchev–Trinajstić information content (AvgIpc) is 2.63. The highest BCUT2D eigenvalue weighted by Crippen LogP contribution is 2.34. The number of carbonyl (C=O) groups is 1. The minimum absolute atomic E-state index is 0.178. The summed E-state index contributed by atoms with van der Waals surface area (Å²) in [5.41, 5.74) is 2.46. The van der Waals surface area contributed by atoms with Crippen LogP contribution in [-0.2, 0) is 16.0 Å². The zero-order valence-electron chi connectivity index (χ0n) is 14.1. The Kier molecular flexibility index (Phi) is 6.84. The maximum atomic E-state index is 11.7. The Morgan fingerprint density at radius 1 is 1.04 bits per heavy atom. The number of aromatic hydroxyl groups is 1. The molecule has 2 aromatic carbocycles. The van der Waals surface area contributed by atoms with Crippen molar-refractivity contribution in [2.75, 3.05) is 13.2 Å². The minimum Gasteiger partial charge on any atom is -0.507 e. The number of benzene rings is 2. The van der Waals surface area contributed by atoms with Crippen LogP contribution in [0.5, 0.6) is 11.5 Å². The lowest BCUT2D eigenvalue weighted by molar-refractivity contribution is -0.142. The van der Waals surface area contributed by atoms with Crippen LogP contribution in [0.15, 0.2) is 67.8 Å². The number of aryl methyl sites for hydroxylation is 1. The third-order valence-corrected chi connectivity index (χ3v) is 3.60. The van der Waals surface area contributed by atoms with E-state index in [9.17, 15) is 9.90 Å². The van der Waals surface area contributed by atoms with Crippen LogP contribution in [0.3, 0.4) is 0 Å². The van der Waals surface area contributed by atoms with Gasteiger partial charge in [-0.25, -0.2) is 0 Å². The Labute approximate surface area is 148 Å². The molecule has 0 bridgehead atoms. The second-order valence-electron chi connectivity index (χ2n) is 5.41. The minimum atomic E-state index is -0.289. The van der Waals surface area contributed by atoms with Crippen molar-refractivity contribution in [3.63, 3.8) is 0 Å². The van der Waals surface area contributed by atoms with E-state index in [2.05, 4.69) is 13.2 Å². The fraction of sp³-hybridized carbons (Fsp3) is 0.190. The highest BCUT2D eigenvalue weighted by atomic mass is 16.5. The molecule has 0 radical (unpaired) electrons. The Morgan fingerprint density at radius 2 is 1.76 bits per heavy atom. The van der Waals surface area contributed by atoms with Gasteiger partial charge >= 0.3 is 5.97 Å². The zero-order valence-corrected chi connectivity index (χ0v) is 14.1. The summed E-state index contributed by atoms with van der Waals surface area (Å²) in [4.78, 5) is 11.7. The SMILES string of the molecule is C=CCOC(=O)CCc1cccc(O)c1-c1ccc(OCC=C)cc1. The van der Waals surface area contributed by atoms with Gasteiger partial charge in [0.1, 0.15) is 24.7 Å². The second-order valence-corrected chi connectivity index (χ2v) is 5.41. The molecule has 0 atom stereocenters. The van der Waals surface area contributed by atoms with Crippen LogP contribution in [0.25, 0.3) is 11.1 Å². The van der Waals surface area contributed by atoms with Gasteiger partial charge in [-0.15, -0.1) is 0 Å². The predicted octanol–water partition coefficient (Wildman–Crippen LogP) is 4.29. The largest absolute Gasteiger partial charge is 0.507 e. The zero-order chi connectivity index (χ0) is 18.1. The van der Waals surface area contributed by atoms with E-state index in [1.54, 1.807) is 18.2 Å². The van der Waals surface area contributed by atoms with Crippen molar-refractivity contribution in [1.29, 1.82) is 0 Å². The van der Waals surface area contributed by atoms with Crippen molar-refractivity contribution in [2.24, 2.45) is 0 Å². The Bertz CT molecular complexity index is 732. The maximum absolute atomic E-state index is 11.7. The van der Waals surface area contributed by atoms with Crippen LogP contribution in [0.1, 0.15) is 12.0 Å². The van der Waals surface area contributed by atoms with Gasteiger partial charge in [-0.05, 0) is 35.7 Å². The molecule has 2 aromatic rings. The van der Waals surface area contributed by atoms with E-state index in [4.69, 9.17) is 9.47 Å². The number of carbonyl (C=O) groups excluding carboxylic acids is 1. The van der Waals surface area contributed by atoms with E-state index in [1.807, 2.05) is 30.3 Å². The first kappa shape index (κ1) is 18.3. The van der Waals surface area contributed by atoms with E-state index in [-0.39, 0.29) is 24.7 Å². The molecule has 4 heteroatoms. The monoisotopic (exact) mass is 338 g/mol. The summed E-state index contributed by atoms with van der Waals surface area (Å²) in [6.45, 7) is 7.78. The van der Waals surface area contributed by atoms with Gasteiger partial charge in [0, 0.05) is 12.0 Å². The van der Waals surface area contributed by atoms with Gasteiger partial charge in [0.15, 0.2) is 0 Å². The second kappa shape index (κ2) is 9.33. The molecule has 0 saturated carbocycles. The molecule has 0 amide bonds. The Hall–Kier alpha value is -3.01. The van der Waals surface area contributed by atoms with Crippen molar-refractivity contribution in [2.45, 2.75) is 12.8 Å². The highest BCUT2D eigenvalue weighted by Gasteiger charge is 2.12. The van der Waals surface area contributed by atoms with Gasteiger partial charge in [0.25, 0.3) is 0 Å². The van der Waals surface area contributed by atoms with Gasteiger partial charge in [0.2, 0.25) is 0 Å². The van der Waals surface area contributed by atoms with E-state index in [0.29, 0.717) is 18.6 Å². The number of phenolic OH excluding ortho intramolecular Hbond substituents is 1. The number of hydrogen-bond donors (Lipinski definition) is 1. The number of ether oxygens (including phenoxy) is 2. The molecule has 1 N–H and O–H groups in total. The van der Waals surface area contributed by atoms with Crippen LogP contribution in [0.4, 0.5) is 0 Å². The van der Waals surface area contributed by atoms with Crippen molar-refractivity contribution in [3.05, 3.63) is 73.3 Å². The van der Waals surface area contributed by atoms with Crippen LogP contribution < -0.4 is 4.74 Å². The molecule has 0 unspecified atom stereocenters. The van der Waals surface area contributed by atoms with Crippen molar-refractivity contribution >= 4 is 5.97 Å². The summed E-state index contributed by atoms with van der Waals surface area (Å²) < 4.78 is 10.5. The van der Waals surface area contributed by atoms with Crippen LogP contribution in [0, 0.1) is 0 Å². The summed E-state index contributed by atoms with van der Waals surface area (Å²) in [6, 6.07) is 12.8. The summed E-state index contributed by atoms with van der Waals surface area (Å²) in [5.74, 6) is 0.618. The lowest BCUT2D eigenvalue weighted by Crippen LogP contribution is -2.06. The molecule has 0 aliphatic heterocycles. The highest BCUT2D eigenvalue weighted by molar-refractivity contribution is 5.75. The number of hydrogen-bond acceptors (Lipinski definition) is 4. The first-order valence-corrected chi connectivity index (χ1v) is 8.07. The van der Waals surface area contributed by atoms with Gasteiger partial charge in [0.05, 0.1) is 0 Å². The molecule has 0 heterocycles. The van der Waals surface area contributed by atoms with Gasteiger partial charge in [-0.2, -0.15) is 0 Å².